The van der Waals surface area contributed by atoms with E-state index in [2.05, 4.69) is 0 Å². The van der Waals surface area contributed by atoms with E-state index in [1.54, 1.807) is 0 Å². The third kappa shape index (κ3) is 0.950. The van der Waals surface area contributed by atoms with Crippen molar-refractivity contribution in [3.05, 3.63) is 35.9 Å². The smallest absolute Gasteiger partial charge is 0.112 e. The Labute approximate surface area is 71.4 Å². The molecule has 1 saturated carbocycles. The molecule has 0 aliphatic heterocycles. The molecule has 1 nitrogen and oxygen atoms in total. The molecule has 1 aliphatic carbocycles. The maximum atomic E-state index is 13.0. The summed E-state index contributed by atoms with van der Waals surface area (Å²) in [5, 5.41) is 0. The van der Waals surface area contributed by atoms with Crippen molar-refractivity contribution >= 4 is 0 Å². The van der Waals surface area contributed by atoms with Gasteiger partial charge in [-0.1, -0.05) is 30.3 Å². The lowest BCUT2D eigenvalue weighted by molar-refractivity contribution is 0.423. The maximum Gasteiger partial charge on any atom is 0.112 e. The molecular formula is C10H12FN. The highest BCUT2D eigenvalue weighted by Crippen LogP contribution is 2.49. The predicted octanol–water partition coefficient (Wildman–Crippen LogP) is 1.62. The normalized spacial score (nSPS) is 33.3. The lowest BCUT2D eigenvalue weighted by atomic mass is 9.96. The Hall–Kier alpha value is -0.890. The molecule has 2 rings (SSSR count). The van der Waals surface area contributed by atoms with Crippen molar-refractivity contribution in [2.75, 3.05) is 6.54 Å². The summed E-state index contributed by atoms with van der Waals surface area (Å²) in [6.07, 6.45) is -0.141. The van der Waals surface area contributed by atoms with Crippen LogP contribution in [0.2, 0.25) is 0 Å². The molecule has 12 heavy (non-hydrogen) atoms. The molecule has 2 atom stereocenters. The molecule has 0 aromatic heterocycles. The fraction of sp³-hybridized carbons (Fsp3) is 0.400. The molecule has 0 saturated heterocycles. The first-order valence-electron chi connectivity index (χ1n) is 4.19. The zero-order valence-corrected chi connectivity index (χ0v) is 6.83. The molecule has 2 N–H and O–H groups in total. The first kappa shape index (κ1) is 7.74. The van der Waals surface area contributed by atoms with Crippen LogP contribution >= 0.6 is 0 Å². The van der Waals surface area contributed by atoms with Crippen LogP contribution in [0.4, 0.5) is 4.39 Å². The molecule has 0 bridgehead atoms. The Kier molecular flexibility index (Phi) is 1.65. The van der Waals surface area contributed by atoms with E-state index in [0.29, 0.717) is 13.0 Å². The largest absolute Gasteiger partial charge is 0.329 e. The minimum absolute atomic E-state index is 0.346. The monoisotopic (exact) mass is 165 g/mol. The Balaban J connectivity index is 2.31. The van der Waals surface area contributed by atoms with Gasteiger partial charge in [0.2, 0.25) is 0 Å². The van der Waals surface area contributed by atoms with Crippen LogP contribution in [-0.4, -0.2) is 12.7 Å². The highest BCUT2D eigenvalue weighted by Gasteiger charge is 2.55. The van der Waals surface area contributed by atoms with Crippen LogP contribution in [0.5, 0.6) is 0 Å². The Morgan fingerprint density at radius 2 is 2.00 bits per heavy atom. The zero-order chi connectivity index (χ0) is 8.60. The van der Waals surface area contributed by atoms with Crippen molar-refractivity contribution < 1.29 is 4.39 Å². The first-order chi connectivity index (χ1) is 5.79. The quantitative estimate of drug-likeness (QED) is 0.708. The summed E-state index contributed by atoms with van der Waals surface area (Å²) < 4.78 is 13.0. The summed E-state index contributed by atoms with van der Waals surface area (Å²) in [6.45, 7) is 0.415. The van der Waals surface area contributed by atoms with Gasteiger partial charge in [0.05, 0.1) is 0 Å². The van der Waals surface area contributed by atoms with Crippen molar-refractivity contribution in [2.45, 2.75) is 18.0 Å². The number of halogens is 1. The lowest BCUT2D eigenvalue weighted by Gasteiger charge is -2.11. The SMILES string of the molecule is NC[C@@]1(c2ccccc2)CC1F. The summed E-state index contributed by atoms with van der Waals surface area (Å²) in [5.74, 6) is 0. The van der Waals surface area contributed by atoms with Gasteiger partial charge in [0.1, 0.15) is 6.17 Å². The fourth-order valence-corrected chi connectivity index (χ4v) is 1.66. The van der Waals surface area contributed by atoms with Crippen molar-refractivity contribution in [3.8, 4) is 0 Å². The number of hydrogen-bond acceptors (Lipinski definition) is 1. The van der Waals surface area contributed by atoms with Crippen molar-refractivity contribution in [3.63, 3.8) is 0 Å². The third-order valence-electron chi connectivity index (χ3n) is 2.70. The summed E-state index contributed by atoms with van der Waals surface area (Å²) in [6, 6.07) is 9.69. The molecule has 0 radical (unpaired) electrons. The molecule has 0 amide bonds. The molecular weight excluding hydrogens is 153 g/mol. The highest BCUT2D eigenvalue weighted by molar-refractivity contribution is 5.35. The average molecular weight is 165 g/mol. The van der Waals surface area contributed by atoms with E-state index < -0.39 is 6.17 Å². The summed E-state index contributed by atoms with van der Waals surface area (Å²) in [4.78, 5) is 0. The second-order valence-corrected chi connectivity index (χ2v) is 3.40. The van der Waals surface area contributed by atoms with Gasteiger partial charge in [-0.25, -0.2) is 4.39 Å². The second-order valence-electron chi connectivity index (χ2n) is 3.40. The van der Waals surface area contributed by atoms with Crippen LogP contribution in [0, 0.1) is 0 Å². The van der Waals surface area contributed by atoms with Gasteiger partial charge in [-0.3, -0.25) is 0 Å². The van der Waals surface area contributed by atoms with Crippen LogP contribution < -0.4 is 5.73 Å². The second kappa shape index (κ2) is 2.56. The van der Waals surface area contributed by atoms with Gasteiger partial charge < -0.3 is 5.73 Å². The van der Waals surface area contributed by atoms with E-state index in [9.17, 15) is 4.39 Å². The number of hydrogen-bond donors (Lipinski definition) is 1. The number of benzene rings is 1. The topological polar surface area (TPSA) is 26.0 Å². The van der Waals surface area contributed by atoms with Gasteiger partial charge in [-0.2, -0.15) is 0 Å². The van der Waals surface area contributed by atoms with E-state index in [1.807, 2.05) is 30.3 Å². The van der Waals surface area contributed by atoms with Crippen molar-refractivity contribution in [1.29, 1.82) is 0 Å². The summed E-state index contributed by atoms with van der Waals surface area (Å²) in [7, 11) is 0. The fourth-order valence-electron chi connectivity index (χ4n) is 1.66. The molecule has 1 fully saturated rings. The minimum Gasteiger partial charge on any atom is -0.329 e. The molecule has 1 unspecified atom stereocenters. The average Bonchev–Trinajstić information content (AvgIpc) is 2.80. The van der Waals surface area contributed by atoms with E-state index in [0.717, 1.165) is 5.56 Å². The van der Waals surface area contributed by atoms with E-state index in [4.69, 9.17) is 5.73 Å². The predicted molar refractivity (Wildman–Crippen MR) is 46.7 cm³/mol. The summed E-state index contributed by atoms with van der Waals surface area (Å²) in [5.41, 5.74) is 6.25. The van der Waals surface area contributed by atoms with Crippen LogP contribution in [0.15, 0.2) is 30.3 Å². The van der Waals surface area contributed by atoms with Crippen LogP contribution in [0.1, 0.15) is 12.0 Å². The first-order valence-corrected chi connectivity index (χ1v) is 4.19. The van der Waals surface area contributed by atoms with Crippen LogP contribution in [0.3, 0.4) is 0 Å². The number of alkyl halides is 1. The van der Waals surface area contributed by atoms with Gasteiger partial charge >= 0.3 is 0 Å². The minimum atomic E-state index is -0.732. The van der Waals surface area contributed by atoms with E-state index in [1.165, 1.54) is 0 Å². The van der Waals surface area contributed by atoms with E-state index >= 15 is 0 Å². The van der Waals surface area contributed by atoms with Crippen LogP contribution in [-0.2, 0) is 5.41 Å². The third-order valence-corrected chi connectivity index (χ3v) is 2.70. The molecule has 0 heterocycles. The maximum absolute atomic E-state index is 13.0. The van der Waals surface area contributed by atoms with Gasteiger partial charge in [0.25, 0.3) is 0 Å². The van der Waals surface area contributed by atoms with E-state index in [-0.39, 0.29) is 5.41 Å². The molecule has 1 aromatic rings. The Morgan fingerprint density at radius 1 is 1.42 bits per heavy atom. The number of rotatable bonds is 2. The van der Waals surface area contributed by atoms with Crippen molar-refractivity contribution in [1.82, 2.24) is 0 Å². The Bertz CT molecular complexity index is 268. The highest BCUT2D eigenvalue weighted by atomic mass is 19.1. The molecule has 0 spiro atoms. The molecule has 2 heteroatoms. The number of nitrogens with two attached hydrogens (primary N) is 1. The standard InChI is InChI=1S/C10H12FN/c11-9-6-10(9,7-12)8-4-2-1-3-5-8/h1-5,9H,6-7,12H2/t9?,10-/m1/s1. The van der Waals surface area contributed by atoms with Gasteiger partial charge in [-0.05, 0) is 12.0 Å². The zero-order valence-electron chi connectivity index (χ0n) is 6.83. The lowest BCUT2D eigenvalue weighted by Crippen LogP contribution is -2.22. The van der Waals surface area contributed by atoms with Gasteiger partial charge in [0, 0.05) is 12.0 Å². The molecule has 1 aromatic carbocycles. The summed E-state index contributed by atoms with van der Waals surface area (Å²) >= 11 is 0. The van der Waals surface area contributed by atoms with Crippen LogP contribution in [0.25, 0.3) is 0 Å². The Morgan fingerprint density at radius 3 is 2.42 bits per heavy atom. The molecule has 1 aliphatic rings. The van der Waals surface area contributed by atoms with Gasteiger partial charge in [-0.15, -0.1) is 0 Å². The van der Waals surface area contributed by atoms with Gasteiger partial charge in [0.15, 0.2) is 0 Å². The molecule has 64 valence electrons. The van der Waals surface area contributed by atoms with Crippen molar-refractivity contribution in [2.24, 2.45) is 5.73 Å².